The van der Waals surface area contributed by atoms with Crippen LogP contribution >= 0.6 is 17.4 Å². The predicted octanol–water partition coefficient (Wildman–Crippen LogP) is 0.480. The topological polar surface area (TPSA) is 80.3 Å². The summed E-state index contributed by atoms with van der Waals surface area (Å²) in [6, 6.07) is 0. The van der Waals surface area contributed by atoms with Crippen molar-refractivity contribution in [1.29, 1.82) is 0 Å². The minimum atomic E-state index is -1.08. The fraction of sp³-hybridized carbons (Fsp3) is 1.00. The predicted molar refractivity (Wildman–Crippen MR) is 40.7 cm³/mol. The Hall–Kier alpha value is 0.652. The zero-order valence-corrected chi connectivity index (χ0v) is 9.55. The monoisotopic (exact) mass is 210 g/mol. The summed E-state index contributed by atoms with van der Waals surface area (Å²) in [5.74, 6) is 0. The van der Waals surface area contributed by atoms with Gasteiger partial charge in [-0.3, -0.25) is 9.13 Å². The van der Waals surface area contributed by atoms with Crippen LogP contribution in [0.15, 0.2) is 0 Å². The first-order chi connectivity index (χ1) is 4.83. The molecule has 0 amide bonds. The quantitative estimate of drug-likeness (QED) is 0.430. The van der Waals surface area contributed by atoms with Gasteiger partial charge in [-0.2, -0.15) is 0 Å². The summed E-state index contributed by atoms with van der Waals surface area (Å²) < 4.78 is 17.1. The van der Waals surface area contributed by atoms with E-state index in [-0.39, 0.29) is 0 Å². The van der Waals surface area contributed by atoms with E-state index in [4.69, 9.17) is 18.9 Å². The molecule has 62 valence electrons. The summed E-state index contributed by atoms with van der Waals surface area (Å²) in [5.41, 5.74) is 0. The van der Waals surface area contributed by atoms with Crippen LogP contribution in [-0.2, 0) is 9.13 Å². The standard InChI is InChI=1S/C4H9.Al.2HO2P/c1-4(2)3;;2*1-3-2/h1-3H3;;2*(H,1,2)/q;+2;;/p-2. The zero-order chi connectivity index (χ0) is 9.91. The summed E-state index contributed by atoms with van der Waals surface area (Å²) in [5, 5.41) is 0. The van der Waals surface area contributed by atoms with Gasteiger partial charge in [0.05, 0.1) is 17.4 Å². The van der Waals surface area contributed by atoms with Crippen molar-refractivity contribution in [3.63, 3.8) is 0 Å². The fourth-order valence-corrected chi connectivity index (χ4v) is 0. The Morgan fingerprint density at radius 3 is 1.09 bits per heavy atom. The van der Waals surface area contributed by atoms with Crippen LogP contribution in [0, 0.1) is 0 Å². The molecule has 4 nitrogen and oxygen atoms in total. The van der Waals surface area contributed by atoms with E-state index in [1.165, 1.54) is 0 Å². The van der Waals surface area contributed by atoms with Crippen LogP contribution in [0.1, 0.15) is 20.8 Å². The third-order valence-electron chi connectivity index (χ3n) is 0. The molecule has 0 saturated heterocycles. The summed E-state index contributed by atoms with van der Waals surface area (Å²) in [6.45, 7) is 6.45. The molecular formula is C4H9AlO4P2. The first-order valence-electron chi connectivity index (χ1n) is 2.52. The van der Waals surface area contributed by atoms with E-state index in [0.717, 1.165) is 0 Å². The Balaban J connectivity index is -0.0000000933. The molecule has 0 unspecified atom stereocenters. The molecule has 0 heterocycles. The minimum absolute atomic E-state index is 0.417. The second kappa shape index (κ2) is 13.3. The number of rotatable bonds is 0. The second-order valence-corrected chi connectivity index (χ2v) is 4.55. The molecule has 0 radical (unpaired) electrons. The molecule has 0 bridgehead atoms. The smallest absolute Gasteiger partial charge is 0.0642 e. The maximum Gasteiger partial charge on any atom is 0.0642 e. The number of hydrogen-bond donors (Lipinski definition) is 0. The Labute approximate surface area is 78.0 Å². The van der Waals surface area contributed by atoms with Gasteiger partial charge < -0.3 is 9.79 Å². The van der Waals surface area contributed by atoms with Gasteiger partial charge in [0, 0.05) is 0 Å². The van der Waals surface area contributed by atoms with Crippen molar-refractivity contribution < 1.29 is 18.9 Å². The minimum Gasteiger partial charge on any atom is -0.772 e. The molecule has 0 aliphatic heterocycles. The molecule has 0 aromatic heterocycles. The zero-order valence-electron chi connectivity index (χ0n) is 6.60. The summed E-state index contributed by atoms with van der Waals surface area (Å²) in [6.07, 6.45) is 0. The van der Waals surface area contributed by atoms with Crippen LogP contribution in [0.3, 0.4) is 0 Å². The molecule has 0 fully saturated rings. The van der Waals surface area contributed by atoms with E-state index in [1.807, 2.05) is 0 Å². The van der Waals surface area contributed by atoms with Gasteiger partial charge in [0.1, 0.15) is 0 Å². The van der Waals surface area contributed by atoms with Gasteiger partial charge in [0.15, 0.2) is 0 Å². The Morgan fingerprint density at radius 2 is 1.09 bits per heavy atom. The van der Waals surface area contributed by atoms with E-state index in [0.29, 0.717) is 4.28 Å². The van der Waals surface area contributed by atoms with Crippen LogP contribution in [-0.4, -0.2) is 16.3 Å². The van der Waals surface area contributed by atoms with Crippen LogP contribution in [0.4, 0.5) is 0 Å². The molecule has 0 rings (SSSR count). The van der Waals surface area contributed by atoms with Crippen LogP contribution < -0.4 is 9.79 Å². The average molecular weight is 210 g/mol. The molecule has 0 aliphatic rings. The first-order valence-corrected chi connectivity index (χ1v) is 4.56. The molecule has 7 heteroatoms. The van der Waals surface area contributed by atoms with Crippen molar-refractivity contribution >= 4 is 33.7 Å². The van der Waals surface area contributed by atoms with Crippen molar-refractivity contribution in [3.05, 3.63) is 0 Å². The maximum absolute atomic E-state index is 8.35. The van der Waals surface area contributed by atoms with Crippen molar-refractivity contribution in [1.82, 2.24) is 0 Å². The van der Waals surface area contributed by atoms with Crippen molar-refractivity contribution in [2.45, 2.75) is 25.0 Å². The largest absolute Gasteiger partial charge is 0.772 e. The SMILES string of the molecule is C[C](C)(C)[Al+2].O=P[O-].O=P[O-]. The van der Waals surface area contributed by atoms with E-state index < -0.39 is 17.4 Å². The van der Waals surface area contributed by atoms with Crippen molar-refractivity contribution in [2.75, 3.05) is 0 Å². The molecule has 0 N–H and O–H groups in total. The second-order valence-electron chi connectivity index (χ2n) is 2.52. The van der Waals surface area contributed by atoms with E-state index in [2.05, 4.69) is 37.1 Å². The first kappa shape index (κ1) is 17.7. The molecule has 0 aromatic rings. The van der Waals surface area contributed by atoms with Gasteiger partial charge in [-0.1, -0.05) is 0 Å². The van der Waals surface area contributed by atoms with Gasteiger partial charge in [-0.25, -0.2) is 0 Å². The van der Waals surface area contributed by atoms with Gasteiger partial charge in [0.25, 0.3) is 0 Å². The molecule has 11 heavy (non-hydrogen) atoms. The Morgan fingerprint density at radius 1 is 1.09 bits per heavy atom. The van der Waals surface area contributed by atoms with Crippen LogP contribution in [0.5, 0.6) is 0 Å². The van der Waals surface area contributed by atoms with E-state index >= 15 is 0 Å². The molecular weight excluding hydrogens is 201 g/mol. The summed E-state index contributed by atoms with van der Waals surface area (Å²) in [4.78, 5) is 16.7. The average Bonchev–Trinajstić information content (AvgIpc) is 1.62. The normalized spacial score (nSPS) is 9.36. The third-order valence-corrected chi connectivity index (χ3v) is 0. The van der Waals surface area contributed by atoms with Gasteiger partial charge in [0.2, 0.25) is 0 Å². The maximum atomic E-state index is 8.35. The van der Waals surface area contributed by atoms with Crippen LogP contribution in [0.25, 0.3) is 0 Å². The van der Waals surface area contributed by atoms with Gasteiger partial charge in [-0.15, -0.1) is 0 Å². The molecule has 0 saturated carbocycles. The molecule has 0 spiro atoms. The fourth-order valence-electron chi connectivity index (χ4n) is 0. The molecule has 0 atom stereocenters. The molecule has 0 aliphatic carbocycles. The van der Waals surface area contributed by atoms with Crippen molar-refractivity contribution in [2.24, 2.45) is 0 Å². The third kappa shape index (κ3) is 1870. The number of hydrogen-bond acceptors (Lipinski definition) is 4. The molecule has 0 aromatic carbocycles. The van der Waals surface area contributed by atoms with E-state index in [1.54, 1.807) is 0 Å². The summed E-state index contributed by atoms with van der Waals surface area (Å²) >= 11 is 2.72. The summed E-state index contributed by atoms with van der Waals surface area (Å²) in [7, 11) is -2.17. The Kier molecular flexibility index (Phi) is 21.3. The van der Waals surface area contributed by atoms with Gasteiger partial charge >= 0.3 is 41.3 Å². The van der Waals surface area contributed by atoms with E-state index in [9.17, 15) is 0 Å². The van der Waals surface area contributed by atoms with Crippen molar-refractivity contribution in [3.8, 4) is 0 Å². The Bertz CT molecular complexity index is 80.6. The van der Waals surface area contributed by atoms with Gasteiger partial charge in [-0.05, 0) is 0 Å². The van der Waals surface area contributed by atoms with Crippen LogP contribution in [0.2, 0.25) is 4.28 Å².